The van der Waals surface area contributed by atoms with E-state index in [1.165, 1.54) is 5.57 Å². The summed E-state index contributed by atoms with van der Waals surface area (Å²) in [5.41, 5.74) is 0.447. The molecule has 0 aromatic rings. The first-order valence-electron chi connectivity index (χ1n) is 7.51. The van der Waals surface area contributed by atoms with E-state index in [0.717, 1.165) is 19.3 Å². The normalized spacial score (nSPS) is 38.3. The van der Waals surface area contributed by atoms with Gasteiger partial charge in [-0.3, -0.25) is 4.79 Å². The average Bonchev–Trinajstić information content (AvgIpc) is 2.35. The zero-order chi connectivity index (χ0) is 14.0. The Hall–Kier alpha value is -0.830. The van der Waals surface area contributed by atoms with E-state index in [4.69, 9.17) is 4.74 Å². The van der Waals surface area contributed by atoms with E-state index in [1.54, 1.807) is 6.92 Å². The summed E-state index contributed by atoms with van der Waals surface area (Å²) in [7, 11) is 0. The third-order valence-corrected chi connectivity index (χ3v) is 4.94. The van der Waals surface area contributed by atoms with Gasteiger partial charge in [0.15, 0.2) is 0 Å². The number of carbonyl (C=O) groups excluding carboxylic acids is 1. The van der Waals surface area contributed by atoms with Crippen LogP contribution in [-0.2, 0) is 9.53 Å². The number of carbonyl (C=O) groups is 1. The van der Waals surface area contributed by atoms with Gasteiger partial charge in [-0.25, -0.2) is 0 Å². The van der Waals surface area contributed by atoms with Gasteiger partial charge in [-0.2, -0.15) is 0 Å². The Morgan fingerprint density at radius 1 is 1.53 bits per heavy atom. The third-order valence-electron chi connectivity index (χ3n) is 4.94. The lowest BCUT2D eigenvalue weighted by Gasteiger charge is -2.48. The Morgan fingerprint density at radius 3 is 2.95 bits per heavy atom. The van der Waals surface area contributed by atoms with Gasteiger partial charge in [0.05, 0.1) is 18.6 Å². The van der Waals surface area contributed by atoms with Crippen LogP contribution in [0, 0.1) is 17.8 Å². The van der Waals surface area contributed by atoms with Gasteiger partial charge in [-0.1, -0.05) is 18.6 Å². The predicted octanol–water partition coefficient (Wildman–Crippen LogP) is 3.07. The molecule has 0 amide bonds. The summed E-state index contributed by atoms with van der Waals surface area (Å²) >= 11 is 0. The maximum absolute atomic E-state index is 11.8. The van der Waals surface area contributed by atoms with Crippen molar-refractivity contribution in [1.29, 1.82) is 0 Å². The molecule has 0 aromatic carbocycles. The van der Waals surface area contributed by atoms with Crippen molar-refractivity contribution in [2.45, 2.75) is 58.5 Å². The van der Waals surface area contributed by atoms with E-state index < -0.39 is 5.60 Å². The van der Waals surface area contributed by atoms with Crippen LogP contribution in [0.4, 0.5) is 0 Å². The molecule has 0 saturated heterocycles. The van der Waals surface area contributed by atoms with E-state index in [1.807, 2.05) is 0 Å². The predicted molar refractivity (Wildman–Crippen MR) is 74.6 cm³/mol. The fourth-order valence-electron chi connectivity index (χ4n) is 3.81. The highest BCUT2D eigenvalue weighted by atomic mass is 16.5. The number of fused-ring (bicyclic) bond motifs is 1. The molecule has 3 nitrogen and oxygen atoms in total. The fourth-order valence-corrected chi connectivity index (χ4v) is 3.81. The molecule has 0 bridgehead atoms. The Kier molecular flexibility index (Phi) is 4.34. The molecule has 108 valence electrons. The Balaban J connectivity index is 2.18. The van der Waals surface area contributed by atoms with Gasteiger partial charge in [0.2, 0.25) is 0 Å². The lowest BCUT2D eigenvalue weighted by Crippen LogP contribution is -2.49. The molecule has 1 saturated carbocycles. The van der Waals surface area contributed by atoms with Gasteiger partial charge < -0.3 is 9.84 Å². The molecule has 0 radical (unpaired) electrons. The van der Waals surface area contributed by atoms with Crippen LogP contribution in [0.3, 0.4) is 0 Å². The van der Waals surface area contributed by atoms with Crippen molar-refractivity contribution in [3.05, 3.63) is 11.6 Å². The van der Waals surface area contributed by atoms with E-state index in [2.05, 4.69) is 19.9 Å². The molecule has 2 aliphatic rings. The highest BCUT2D eigenvalue weighted by molar-refractivity contribution is 5.70. The summed E-state index contributed by atoms with van der Waals surface area (Å²) in [6.45, 7) is 6.59. The molecular formula is C16H26O3. The van der Waals surface area contributed by atoms with E-state index >= 15 is 0 Å². The number of allylic oxidation sites excluding steroid dienone is 1. The van der Waals surface area contributed by atoms with Crippen molar-refractivity contribution in [1.82, 2.24) is 0 Å². The third kappa shape index (κ3) is 3.02. The molecule has 0 spiro atoms. The molecule has 1 unspecified atom stereocenters. The molecule has 1 N–H and O–H groups in total. The zero-order valence-electron chi connectivity index (χ0n) is 12.3. The summed E-state index contributed by atoms with van der Waals surface area (Å²) in [6, 6.07) is 0. The minimum absolute atomic E-state index is 0.120. The Morgan fingerprint density at radius 2 is 2.26 bits per heavy atom. The second-order valence-electron chi connectivity index (χ2n) is 6.34. The van der Waals surface area contributed by atoms with Crippen LogP contribution in [-0.4, -0.2) is 23.3 Å². The monoisotopic (exact) mass is 266 g/mol. The van der Waals surface area contributed by atoms with Crippen LogP contribution in [0.5, 0.6) is 0 Å². The van der Waals surface area contributed by atoms with Gasteiger partial charge in [-0.05, 0) is 51.4 Å². The molecule has 0 aliphatic heterocycles. The minimum Gasteiger partial charge on any atom is -0.466 e. The minimum atomic E-state index is -0.898. The van der Waals surface area contributed by atoms with Gasteiger partial charge in [-0.15, -0.1) is 0 Å². The van der Waals surface area contributed by atoms with Crippen LogP contribution in [0.25, 0.3) is 0 Å². The SMILES string of the molecule is CCOC(=O)CC1(O)CC[C@H](C)[C@@H]2CCC(C)=C[C@H]21. The number of esters is 1. The molecule has 0 heterocycles. The average molecular weight is 266 g/mol. The standard InChI is InChI=1S/C16H26O3/c1-4-19-15(17)10-16(18)8-7-12(3)13-6-5-11(2)9-14(13)16/h9,12-14,18H,4-8,10H2,1-3H3/t12-,13-,14+,16?/m0/s1. The molecule has 3 heteroatoms. The smallest absolute Gasteiger partial charge is 0.308 e. The number of ether oxygens (including phenoxy) is 1. The van der Waals surface area contributed by atoms with Gasteiger partial charge in [0, 0.05) is 5.92 Å². The summed E-state index contributed by atoms with van der Waals surface area (Å²) in [5, 5.41) is 11.0. The second kappa shape index (κ2) is 5.66. The maximum Gasteiger partial charge on any atom is 0.308 e. The Bertz CT molecular complexity index is 374. The highest BCUT2D eigenvalue weighted by Crippen LogP contribution is 2.48. The van der Waals surface area contributed by atoms with E-state index in [0.29, 0.717) is 24.9 Å². The van der Waals surface area contributed by atoms with Crippen LogP contribution < -0.4 is 0 Å². The number of rotatable bonds is 3. The highest BCUT2D eigenvalue weighted by Gasteiger charge is 2.48. The van der Waals surface area contributed by atoms with Crippen LogP contribution in [0.15, 0.2) is 11.6 Å². The first-order chi connectivity index (χ1) is 8.96. The Labute approximate surface area is 116 Å². The van der Waals surface area contributed by atoms with Crippen molar-refractivity contribution in [3.8, 4) is 0 Å². The number of aliphatic hydroxyl groups is 1. The van der Waals surface area contributed by atoms with Crippen LogP contribution >= 0.6 is 0 Å². The molecule has 2 aliphatic carbocycles. The summed E-state index contributed by atoms with van der Waals surface area (Å²) in [6.07, 6.45) is 6.32. The van der Waals surface area contributed by atoms with Gasteiger partial charge in [0.25, 0.3) is 0 Å². The fraction of sp³-hybridized carbons (Fsp3) is 0.812. The maximum atomic E-state index is 11.8. The molecule has 4 atom stereocenters. The topological polar surface area (TPSA) is 46.5 Å². The second-order valence-corrected chi connectivity index (χ2v) is 6.34. The van der Waals surface area contributed by atoms with Crippen LogP contribution in [0.2, 0.25) is 0 Å². The molecule has 19 heavy (non-hydrogen) atoms. The molecule has 2 rings (SSSR count). The zero-order valence-corrected chi connectivity index (χ0v) is 12.3. The summed E-state index contributed by atoms with van der Waals surface area (Å²) < 4.78 is 5.02. The summed E-state index contributed by atoms with van der Waals surface area (Å²) in [5.74, 6) is 0.998. The lowest BCUT2D eigenvalue weighted by atomic mass is 9.60. The van der Waals surface area contributed by atoms with Crippen LogP contribution in [0.1, 0.15) is 52.9 Å². The van der Waals surface area contributed by atoms with Crippen molar-refractivity contribution < 1.29 is 14.6 Å². The van der Waals surface area contributed by atoms with E-state index in [9.17, 15) is 9.90 Å². The first kappa shape index (κ1) is 14.6. The lowest BCUT2D eigenvalue weighted by molar-refractivity contribution is -0.155. The first-order valence-corrected chi connectivity index (χ1v) is 7.51. The molecular weight excluding hydrogens is 240 g/mol. The number of hydrogen-bond acceptors (Lipinski definition) is 3. The number of hydrogen-bond donors (Lipinski definition) is 1. The van der Waals surface area contributed by atoms with Crippen molar-refractivity contribution in [2.24, 2.45) is 17.8 Å². The van der Waals surface area contributed by atoms with Crippen molar-refractivity contribution in [3.63, 3.8) is 0 Å². The summed E-state index contributed by atoms with van der Waals surface area (Å²) in [4.78, 5) is 11.8. The van der Waals surface area contributed by atoms with Crippen molar-refractivity contribution >= 4 is 5.97 Å². The largest absolute Gasteiger partial charge is 0.466 e. The van der Waals surface area contributed by atoms with Gasteiger partial charge in [0.1, 0.15) is 0 Å². The molecule has 0 aromatic heterocycles. The van der Waals surface area contributed by atoms with Gasteiger partial charge >= 0.3 is 5.97 Å². The quantitative estimate of drug-likeness (QED) is 0.631. The molecule has 1 fully saturated rings. The van der Waals surface area contributed by atoms with Crippen molar-refractivity contribution in [2.75, 3.05) is 6.61 Å². The van der Waals surface area contributed by atoms with E-state index in [-0.39, 0.29) is 18.3 Å².